The molecule has 106 valence electrons. The Morgan fingerprint density at radius 2 is 2.00 bits per heavy atom. The number of nitrogens with one attached hydrogen (secondary N) is 1. The Labute approximate surface area is 112 Å². The Morgan fingerprint density at radius 1 is 1.26 bits per heavy atom. The van der Waals surface area contributed by atoms with Crippen LogP contribution in [0.2, 0.25) is 0 Å². The normalized spacial score (nSPS) is 10.2. The van der Waals surface area contributed by atoms with E-state index in [0.29, 0.717) is 31.9 Å². The number of halogens is 1. The van der Waals surface area contributed by atoms with Crippen molar-refractivity contribution < 1.29 is 18.7 Å². The van der Waals surface area contributed by atoms with Gasteiger partial charge in [0.05, 0.1) is 19.6 Å². The highest BCUT2D eigenvalue weighted by molar-refractivity contribution is 5.69. The maximum Gasteiger partial charge on any atom is 0.307 e. The van der Waals surface area contributed by atoms with Crippen molar-refractivity contribution in [2.75, 3.05) is 26.3 Å². The topological polar surface area (TPSA) is 47.6 Å². The highest BCUT2D eigenvalue weighted by Crippen LogP contribution is 2.10. The van der Waals surface area contributed by atoms with Crippen molar-refractivity contribution in [3.8, 4) is 5.75 Å². The van der Waals surface area contributed by atoms with Crippen LogP contribution < -0.4 is 10.1 Å². The average Bonchev–Trinajstić information content (AvgIpc) is 2.40. The van der Waals surface area contributed by atoms with Crippen LogP contribution in [0.4, 0.5) is 4.39 Å². The molecule has 0 unspecified atom stereocenters. The Kier molecular flexibility index (Phi) is 7.58. The molecule has 0 saturated carbocycles. The number of hydrogen-bond acceptors (Lipinski definition) is 4. The fraction of sp³-hybridized carbons (Fsp3) is 0.500. The first kappa shape index (κ1) is 15.4. The van der Waals surface area contributed by atoms with Crippen molar-refractivity contribution in [2.45, 2.75) is 19.8 Å². The first-order valence-corrected chi connectivity index (χ1v) is 6.47. The minimum atomic E-state index is -0.270. The summed E-state index contributed by atoms with van der Waals surface area (Å²) in [5, 5.41) is 3.13. The second kappa shape index (κ2) is 9.33. The standard InChI is InChI=1S/C14H20FNO3/c1-2-18-14(17)8-10-16-9-3-11-19-13-6-4-12(15)5-7-13/h4-7,16H,2-3,8-11H2,1H3. The van der Waals surface area contributed by atoms with Gasteiger partial charge in [-0.2, -0.15) is 0 Å². The average molecular weight is 269 g/mol. The Hall–Kier alpha value is -1.62. The lowest BCUT2D eigenvalue weighted by Gasteiger charge is -2.07. The van der Waals surface area contributed by atoms with Gasteiger partial charge in [0.2, 0.25) is 0 Å². The smallest absolute Gasteiger partial charge is 0.307 e. The molecular weight excluding hydrogens is 249 g/mol. The van der Waals surface area contributed by atoms with E-state index < -0.39 is 0 Å². The molecule has 0 aliphatic rings. The summed E-state index contributed by atoms with van der Waals surface area (Å²) in [6.45, 7) is 4.14. The van der Waals surface area contributed by atoms with Crippen LogP contribution >= 0.6 is 0 Å². The van der Waals surface area contributed by atoms with Crippen molar-refractivity contribution in [3.05, 3.63) is 30.1 Å². The third-order valence-electron chi connectivity index (χ3n) is 2.39. The fourth-order valence-electron chi connectivity index (χ4n) is 1.47. The van der Waals surface area contributed by atoms with Gasteiger partial charge in [0, 0.05) is 6.54 Å². The van der Waals surface area contributed by atoms with Gasteiger partial charge < -0.3 is 14.8 Å². The van der Waals surface area contributed by atoms with Crippen LogP contribution in [0, 0.1) is 5.82 Å². The van der Waals surface area contributed by atoms with E-state index in [1.54, 1.807) is 19.1 Å². The molecule has 0 aliphatic heterocycles. The highest BCUT2D eigenvalue weighted by Gasteiger charge is 2.00. The second-order valence-electron chi connectivity index (χ2n) is 3.96. The zero-order valence-electron chi connectivity index (χ0n) is 11.2. The number of carbonyl (C=O) groups is 1. The van der Waals surface area contributed by atoms with Gasteiger partial charge >= 0.3 is 5.97 Å². The molecule has 0 radical (unpaired) electrons. The molecule has 0 atom stereocenters. The van der Waals surface area contributed by atoms with E-state index in [-0.39, 0.29) is 11.8 Å². The summed E-state index contributed by atoms with van der Waals surface area (Å²) in [5.41, 5.74) is 0. The zero-order chi connectivity index (χ0) is 13.9. The molecule has 1 rings (SSSR count). The zero-order valence-corrected chi connectivity index (χ0v) is 11.2. The largest absolute Gasteiger partial charge is 0.494 e. The van der Waals surface area contributed by atoms with E-state index in [2.05, 4.69) is 5.32 Å². The molecule has 0 bridgehead atoms. The summed E-state index contributed by atoms with van der Waals surface area (Å²) in [6, 6.07) is 5.94. The molecular formula is C14H20FNO3. The summed E-state index contributed by atoms with van der Waals surface area (Å²) in [4.78, 5) is 11.0. The van der Waals surface area contributed by atoms with Crippen LogP contribution in [0.25, 0.3) is 0 Å². The van der Waals surface area contributed by atoms with E-state index in [9.17, 15) is 9.18 Å². The highest BCUT2D eigenvalue weighted by atomic mass is 19.1. The van der Waals surface area contributed by atoms with E-state index in [1.165, 1.54) is 12.1 Å². The molecule has 19 heavy (non-hydrogen) atoms. The minimum Gasteiger partial charge on any atom is -0.494 e. The SMILES string of the molecule is CCOC(=O)CCNCCCOc1ccc(F)cc1. The van der Waals surface area contributed by atoms with Gasteiger partial charge in [-0.25, -0.2) is 4.39 Å². The van der Waals surface area contributed by atoms with Crippen molar-refractivity contribution in [2.24, 2.45) is 0 Å². The van der Waals surface area contributed by atoms with Crippen LogP contribution in [-0.2, 0) is 9.53 Å². The monoisotopic (exact) mass is 269 g/mol. The molecule has 0 spiro atoms. The molecule has 0 aromatic heterocycles. The van der Waals surface area contributed by atoms with Gasteiger partial charge in [-0.15, -0.1) is 0 Å². The summed E-state index contributed by atoms with van der Waals surface area (Å²) < 4.78 is 22.9. The van der Waals surface area contributed by atoms with Gasteiger partial charge in [-0.3, -0.25) is 4.79 Å². The predicted molar refractivity (Wildman–Crippen MR) is 70.6 cm³/mol. The first-order valence-electron chi connectivity index (χ1n) is 6.47. The van der Waals surface area contributed by atoms with Crippen LogP contribution in [-0.4, -0.2) is 32.3 Å². The van der Waals surface area contributed by atoms with Gasteiger partial charge in [0.25, 0.3) is 0 Å². The quantitative estimate of drug-likeness (QED) is 0.551. The number of hydrogen-bond donors (Lipinski definition) is 1. The van der Waals surface area contributed by atoms with Crippen LogP contribution in [0.15, 0.2) is 24.3 Å². The second-order valence-corrected chi connectivity index (χ2v) is 3.96. The van der Waals surface area contributed by atoms with E-state index in [1.807, 2.05) is 0 Å². The molecule has 1 aromatic carbocycles. The first-order chi connectivity index (χ1) is 9.22. The number of benzene rings is 1. The van der Waals surface area contributed by atoms with Crippen molar-refractivity contribution >= 4 is 5.97 Å². The molecule has 5 heteroatoms. The molecule has 0 fully saturated rings. The number of esters is 1. The summed E-state index contributed by atoms with van der Waals surface area (Å²) in [7, 11) is 0. The van der Waals surface area contributed by atoms with E-state index in [4.69, 9.17) is 9.47 Å². The molecule has 4 nitrogen and oxygen atoms in total. The maximum atomic E-state index is 12.6. The number of ether oxygens (including phenoxy) is 2. The lowest BCUT2D eigenvalue weighted by molar-refractivity contribution is -0.142. The third kappa shape index (κ3) is 7.41. The Balaban J connectivity index is 1.96. The van der Waals surface area contributed by atoms with Gasteiger partial charge in [-0.1, -0.05) is 0 Å². The van der Waals surface area contributed by atoms with Crippen molar-refractivity contribution in [3.63, 3.8) is 0 Å². The summed E-state index contributed by atoms with van der Waals surface area (Å²) in [5.74, 6) is 0.207. The van der Waals surface area contributed by atoms with Crippen LogP contribution in [0.1, 0.15) is 19.8 Å². The van der Waals surface area contributed by atoms with E-state index in [0.717, 1.165) is 13.0 Å². The molecule has 1 aromatic rings. The van der Waals surface area contributed by atoms with Gasteiger partial charge in [0.15, 0.2) is 0 Å². The van der Waals surface area contributed by atoms with Gasteiger partial charge in [0.1, 0.15) is 11.6 Å². The van der Waals surface area contributed by atoms with Crippen molar-refractivity contribution in [1.29, 1.82) is 0 Å². The Bertz CT molecular complexity index is 367. The fourth-order valence-corrected chi connectivity index (χ4v) is 1.47. The minimum absolute atomic E-state index is 0.183. The van der Waals surface area contributed by atoms with Crippen LogP contribution in [0.5, 0.6) is 5.75 Å². The predicted octanol–water partition coefficient (Wildman–Crippen LogP) is 2.14. The third-order valence-corrected chi connectivity index (χ3v) is 2.39. The summed E-state index contributed by atoms with van der Waals surface area (Å²) in [6.07, 6.45) is 1.20. The Morgan fingerprint density at radius 3 is 2.68 bits per heavy atom. The van der Waals surface area contributed by atoms with E-state index >= 15 is 0 Å². The number of carbonyl (C=O) groups excluding carboxylic acids is 1. The molecule has 0 saturated heterocycles. The van der Waals surface area contributed by atoms with Gasteiger partial charge in [-0.05, 0) is 44.2 Å². The van der Waals surface area contributed by atoms with Crippen molar-refractivity contribution in [1.82, 2.24) is 5.32 Å². The maximum absolute atomic E-state index is 12.6. The molecule has 0 aliphatic carbocycles. The molecule has 0 amide bonds. The van der Waals surface area contributed by atoms with Crippen LogP contribution in [0.3, 0.4) is 0 Å². The lowest BCUT2D eigenvalue weighted by Crippen LogP contribution is -2.21. The summed E-state index contributed by atoms with van der Waals surface area (Å²) >= 11 is 0. The lowest BCUT2D eigenvalue weighted by atomic mass is 10.3. The number of rotatable bonds is 9. The molecule has 0 heterocycles. The molecule has 1 N–H and O–H groups in total.